The molecule has 1 nitrogen and oxygen atoms in total. The molecule has 1 aliphatic carbocycles. The largest absolute Gasteiger partial charge is 0.441 e. The molecular weight excluding hydrogens is 211 g/mol. The molecule has 0 aromatic carbocycles. The summed E-state index contributed by atoms with van der Waals surface area (Å²) >= 11 is 0.0476. The van der Waals surface area contributed by atoms with Crippen molar-refractivity contribution in [2.45, 2.75) is 37.7 Å². The monoisotopic (exact) mass is 227 g/mol. The van der Waals surface area contributed by atoms with Crippen LogP contribution in [-0.2, 0) is 0 Å². The molecule has 1 unspecified atom stereocenters. The maximum atomic E-state index is 11.7. The summed E-state index contributed by atoms with van der Waals surface area (Å²) < 4.78 is 35.2. The highest BCUT2D eigenvalue weighted by molar-refractivity contribution is 8.00. The van der Waals surface area contributed by atoms with Gasteiger partial charge in [-0.25, -0.2) is 0 Å². The second kappa shape index (κ2) is 5.26. The fourth-order valence-electron chi connectivity index (χ4n) is 1.41. The number of alkyl halides is 3. The molecule has 84 valence electrons. The summed E-state index contributed by atoms with van der Waals surface area (Å²) in [5.41, 5.74) is -4.08. The van der Waals surface area contributed by atoms with Crippen LogP contribution in [0.5, 0.6) is 0 Å². The lowest BCUT2D eigenvalue weighted by Gasteiger charge is -2.13. The minimum atomic E-state index is -4.08. The summed E-state index contributed by atoms with van der Waals surface area (Å²) in [6.07, 6.45) is 3.70. The molecule has 0 saturated heterocycles. The second-order valence-electron chi connectivity index (χ2n) is 3.83. The van der Waals surface area contributed by atoms with Crippen molar-refractivity contribution in [1.82, 2.24) is 5.32 Å². The molecule has 0 aromatic heterocycles. The maximum absolute atomic E-state index is 11.7. The fraction of sp³-hybridized carbons (Fsp3) is 1.00. The Labute approximate surface area is 86.8 Å². The SMILES string of the molecule is CC(CC1CC1)NCCSC(F)(F)F. The molecule has 0 spiro atoms. The quantitative estimate of drug-likeness (QED) is 0.700. The van der Waals surface area contributed by atoms with Gasteiger partial charge in [0, 0.05) is 18.3 Å². The molecule has 14 heavy (non-hydrogen) atoms. The Morgan fingerprint density at radius 2 is 2.07 bits per heavy atom. The van der Waals surface area contributed by atoms with Crippen LogP contribution in [0.4, 0.5) is 13.2 Å². The lowest BCUT2D eigenvalue weighted by atomic mass is 10.2. The third-order valence-electron chi connectivity index (χ3n) is 2.24. The van der Waals surface area contributed by atoms with Crippen LogP contribution in [0.15, 0.2) is 0 Å². The van der Waals surface area contributed by atoms with Gasteiger partial charge in [0.05, 0.1) is 0 Å². The Morgan fingerprint density at radius 1 is 1.43 bits per heavy atom. The Bertz CT molecular complexity index is 168. The van der Waals surface area contributed by atoms with Crippen LogP contribution in [0, 0.1) is 5.92 Å². The van der Waals surface area contributed by atoms with Crippen molar-refractivity contribution < 1.29 is 13.2 Å². The van der Waals surface area contributed by atoms with E-state index in [0.29, 0.717) is 12.6 Å². The van der Waals surface area contributed by atoms with Crippen LogP contribution in [0.2, 0.25) is 0 Å². The van der Waals surface area contributed by atoms with Crippen LogP contribution in [0.1, 0.15) is 26.2 Å². The molecule has 1 aliphatic rings. The minimum absolute atomic E-state index is 0.0476. The van der Waals surface area contributed by atoms with Crippen molar-refractivity contribution in [3.63, 3.8) is 0 Å². The van der Waals surface area contributed by atoms with Crippen molar-refractivity contribution in [1.29, 1.82) is 0 Å². The molecule has 1 atom stereocenters. The first kappa shape index (κ1) is 12.2. The van der Waals surface area contributed by atoms with Crippen molar-refractivity contribution in [3.05, 3.63) is 0 Å². The van der Waals surface area contributed by atoms with E-state index in [4.69, 9.17) is 0 Å². The van der Waals surface area contributed by atoms with Crippen LogP contribution < -0.4 is 5.32 Å². The van der Waals surface area contributed by atoms with E-state index >= 15 is 0 Å². The average molecular weight is 227 g/mol. The first-order chi connectivity index (χ1) is 6.47. The molecule has 0 aromatic rings. The molecule has 1 N–H and O–H groups in total. The summed E-state index contributed by atoms with van der Waals surface area (Å²) in [5.74, 6) is 0.936. The van der Waals surface area contributed by atoms with E-state index in [9.17, 15) is 13.2 Å². The molecule has 1 fully saturated rings. The number of rotatable bonds is 6. The van der Waals surface area contributed by atoms with Gasteiger partial charge in [-0.1, -0.05) is 12.8 Å². The summed E-state index contributed by atoms with van der Waals surface area (Å²) in [7, 11) is 0. The Kier molecular flexibility index (Phi) is 4.57. The van der Waals surface area contributed by atoms with Gasteiger partial charge in [0.1, 0.15) is 0 Å². The van der Waals surface area contributed by atoms with Crippen molar-refractivity contribution in [2.75, 3.05) is 12.3 Å². The standard InChI is InChI=1S/C9H16F3NS/c1-7(6-8-2-3-8)13-4-5-14-9(10,11)12/h7-8,13H,2-6H2,1H3. The van der Waals surface area contributed by atoms with E-state index in [1.165, 1.54) is 12.8 Å². The van der Waals surface area contributed by atoms with E-state index in [1.54, 1.807) is 0 Å². The molecule has 0 amide bonds. The zero-order chi connectivity index (χ0) is 10.6. The third-order valence-corrected chi connectivity index (χ3v) is 2.98. The van der Waals surface area contributed by atoms with Gasteiger partial charge in [-0.3, -0.25) is 0 Å². The summed E-state index contributed by atoms with van der Waals surface area (Å²) in [6, 6.07) is 0.358. The van der Waals surface area contributed by atoms with Crippen LogP contribution in [-0.4, -0.2) is 23.8 Å². The number of hydrogen-bond acceptors (Lipinski definition) is 2. The van der Waals surface area contributed by atoms with E-state index < -0.39 is 5.51 Å². The summed E-state index contributed by atoms with van der Waals surface area (Å²) in [6.45, 7) is 2.48. The molecule has 0 heterocycles. The number of nitrogens with one attached hydrogen (secondary N) is 1. The number of halogens is 3. The van der Waals surface area contributed by atoms with E-state index in [1.807, 2.05) is 6.92 Å². The number of hydrogen-bond donors (Lipinski definition) is 1. The number of thioether (sulfide) groups is 1. The van der Waals surface area contributed by atoms with Crippen molar-refractivity contribution in [3.8, 4) is 0 Å². The normalized spacial score (nSPS) is 19.7. The molecule has 0 radical (unpaired) electrons. The molecule has 5 heteroatoms. The van der Waals surface area contributed by atoms with Crippen molar-refractivity contribution >= 4 is 11.8 Å². The Balaban J connectivity index is 1.91. The molecule has 0 bridgehead atoms. The van der Waals surface area contributed by atoms with Crippen LogP contribution in [0.25, 0.3) is 0 Å². The Morgan fingerprint density at radius 3 is 2.57 bits per heavy atom. The highest BCUT2D eigenvalue weighted by Crippen LogP contribution is 2.33. The fourth-order valence-corrected chi connectivity index (χ4v) is 1.86. The van der Waals surface area contributed by atoms with Crippen LogP contribution >= 0.6 is 11.8 Å². The van der Waals surface area contributed by atoms with E-state index in [2.05, 4.69) is 5.32 Å². The lowest BCUT2D eigenvalue weighted by Crippen LogP contribution is -2.29. The molecule has 1 saturated carbocycles. The zero-order valence-corrected chi connectivity index (χ0v) is 9.05. The van der Waals surface area contributed by atoms with Gasteiger partial charge >= 0.3 is 5.51 Å². The highest BCUT2D eigenvalue weighted by atomic mass is 32.2. The van der Waals surface area contributed by atoms with Gasteiger partial charge in [0.2, 0.25) is 0 Å². The predicted octanol–water partition coefficient (Wildman–Crippen LogP) is 3.02. The minimum Gasteiger partial charge on any atom is -0.313 e. The smallest absolute Gasteiger partial charge is 0.313 e. The maximum Gasteiger partial charge on any atom is 0.441 e. The Hall–Kier alpha value is 0.100. The van der Waals surface area contributed by atoms with Gasteiger partial charge in [-0.05, 0) is 31.0 Å². The molecular formula is C9H16F3NS. The zero-order valence-electron chi connectivity index (χ0n) is 8.23. The third kappa shape index (κ3) is 6.54. The van der Waals surface area contributed by atoms with Gasteiger partial charge in [0.15, 0.2) is 0 Å². The highest BCUT2D eigenvalue weighted by Gasteiger charge is 2.27. The topological polar surface area (TPSA) is 12.0 Å². The first-order valence-corrected chi connectivity index (χ1v) is 5.90. The summed E-state index contributed by atoms with van der Waals surface area (Å²) in [5, 5.41) is 3.11. The van der Waals surface area contributed by atoms with Gasteiger partial charge in [-0.15, -0.1) is 0 Å². The van der Waals surface area contributed by atoms with E-state index in [-0.39, 0.29) is 17.5 Å². The average Bonchev–Trinajstić information content (AvgIpc) is 2.80. The van der Waals surface area contributed by atoms with E-state index in [0.717, 1.165) is 12.3 Å². The van der Waals surface area contributed by atoms with Gasteiger partial charge < -0.3 is 5.32 Å². The van der Waals surface area contributed by atoms with Crippen LogP contribution in [0.3, 0.4) is 0 Å². The predicted molar refractivity (Wildman–Crippen MR) is 53.3 cm³/mol. The second-order valence-corrected chi connectivity index (χ2v) is 4.99. The van der Waals surface area contributed by atoms with Gasteiger partial charge in [0.25, 0.3) is 0 Å². The molecule has 0 aliphatic heterocycles. The molecule has 1 rings (SSSR count). The van der Waals surface area contributed by atoms with Gasteiger partial charge in [-0.2, -0.15) is 13.2 Å². The first-order valence-electron chi connectivity index (χ1n) is 4.91. The lowest BCUT2D eigenvalue weighted by molar-refractivity contribution is -0.0327. The van der Waals surface area contributed by atoms with Crippen molar-refractivity contribution in [2.24, 2.45) is 5.92 Å². The summed E-state index contributed by atoms with van der Waals surface area (Å²) in [4.78, 5) is 0.